The van der Waals surface area contributed by atoms with Crippen LogP contribution in [0.15, 0.2) is 36.9 Å². The van der Waals surface area contributed by atoms with Crippen LogP contribution >= 0.6 is 0 Å². The molecule has 0 radical (unpaired) electrons. The van der Waals surface area contributed by atoms with Gasteiger partial charge in [0.05, 0.1) is 24.9 Å². The van der Waals surface area contributed by atoms with Crippen LogP contribution < -0.4 is 4.72 Å². The number of hydrogen-bond donors (Lipinski definition) is 1. The van der Waals surface area contributed by atoms with E-state index in [4.69, 9.17) is 8.92 Å². The van der Waals surface area contributed by atoms with Gasteiger partial charge in [-0.15, -0.1) is 6.58 Å². The lowest BCUT2D eigenvalue weighted by Gasteiger charge is -2.42. The molecule has 1 aromatic rings. The second-order valence-corrected chi connectivity index (χ2v) is 6.50. The van der Waals surface area contributed by atoms with Crippen molar-refractivity contribution in [2.24, 2.45) is 0 Å². The summed E-state index contributed by atoms with van der Waals surface area (Å²) in [5.74, 6) is 0. The molecule has 0 spiro atoms. The lowest BCUT2D eigenvalue weighted by molar-refractivity contribution is -0.0949. The Hall–Kier alpha value is -1.21. The summed E-state index contributed by atoms with van der Waals surface area (Å²) >= 11 is 0. The molecule has 2 aliphatic heterocycles. The van der Waals surface area contributed by atoms with E-state index in [0.29, 0.717) is 19.4 Å². The van der Waals surface area contributed by atoms with Crippen molar-refractivity contribution in [3.05, 3.63) is 48.0 Å². The van der Waals surface area contributed by atoms with Crippen LogP contribution in [0.5, 0.6) is 0 Å². The fourth-order valence-corrected chi connectivity index (χ4v) is 3.95. The summed E-state index contributed by atoms with van der Waals surface area (Å²) < 4.78 is 37.3. The number of fused-ring (bicyclic) bond motifs is 3. The minimum atomic E-state index is -3.75. The van der Waals surface area contributed by atoms with E-state index in [1.165, 1.54) is 0 Å². The molecule has 0 aromatic heterocycles. The molecule has 0 unspecified atom stereocenters. The van der Waals surface area contributed by atoms with Crippen molar-refractivity contribution in [1.29, 1.82) is 0 Å². The van der Waals surface area contributed by atoms with Gasteiger partial charge >= 0.3 is 10.3 Å². The maximum Gasteiger partial charge on any atom is 0.336 e. The van der Waals surface area contributed by atoms with E-state index in [9.17, 15) is 8.42 Å². The first-order valence-electron chi connectivity index (χ1n) is 6.56. The Bertz CT molecular complexity index is 628. The maximum absolute atomic E-state index is 11.9. The van der Waals surface area contributed by atoms with Crippen LogP contribution in [0.1, 0.15) is 30.0 Å². The van der Waals surface area contributed by atoms with Gasteiger partial charge < -0.3 is 4.74 Å². The van der Waals surface area contributed by atoms with Gasteiger partial charge in [-0.3, -0.25) is 4.18 Å². The molecule has 3 rings (SSSR count). The highest BCUT2D eigenvalue weighted by Gasteiger charge is 2.47. The fourth-order valence-electron chi connectivity index (χ4n) is 2.95. The molecule has 0 amide bonds. The topological polar surface area (TPSA) is 64.6 Å². The Morgan fingerprint density at radius 2 is 2.25 bits per heavy atom. The first kappa shape index (κ1) is 13.8. The van der Waals surface area contributed by atoms with Crippen molar-refractivity contribution in [3.63, 3.8) is 0 Å². The average molecular weight is 295 g/mol. The Labute approximate surface area is 118 Å². The van der Waals surface area contributed by atoms with E-state index in [0.717, 1.165) is 11.1 Å². The number of rotatable bonds is 2. The molecule has 6 heteroatoms. The van der Waals surface area contributed by atoms with Crippen LogP contribution in [0.2, 0.25) is 0 Å². The highest BCUT2D eigenvalue weighted by Crippen LogP contribution is 2.43. The first-order chi connectivity index (χ1) is 9.56. The van der Waals surface area contributed by atoms with Crippen molar-refractivity contribution in [2.75, 3.05) is 6.61 Å². The molecule has 1 saturated heterocycles. The summed E-state index contributed by atoms with van der Waals surface area (Å²) in [6.45, 7) is 4.35. The van der Waals surface area contributed by atoms with Gasteiger partial charge in [0.2, 0.25) is 0 Å². The Kier molecular flexibility index (Phi) is 3.41. The summed E-state index contributed by atoms with van der Waals surface area (Å²) in [6, 6.07) is 7.27. The number of ether oxygens (including phenoxy) is 1. The van der Waals surface area contributed by atoms with Crippen molar-refractivity contribution >= 4 is 10.3 Å². The molecule has 0 aliphatic carbocycles. The number of nitrogens with one attached hydrogen (secondary N) is 1. The quantitative estimate of drug-likeness (QED) is 0.845. The number of hydrogen-bond acceptors (Lipinski definition) is 4. The van der Waals surface area contributed by atoms with Gasteiger partial charge in [-0.2, -0.15) is 13.1 Å². The highest BCUT2D eigenvalue weighted by molar-refractivity contribution is 7.84. The van der Waals surface area contributed by atoms with E-state index < -0.39 is 21.9 Å². The largest absolute Gasteiger partial charge is 0.368 e. The number of benzene rings is 1. The van der Waals surface area contributed by atoms with Gasteiger partial charge in [0.1, 0.15) is 0 Å². The Balaban J connectivity index is 2.12. The third kappa shape index (κ3) is 2.29. The monoisotopic (exact) mass is 295 g/mol. The zero-order valence-corrected chi connectivity index (χ0v) is 11.9. The summed E-state index contributed by atoms with van der Waals surface area (Å²) in [7, 11) is -3.75. The minimum absolute atomic E-state index is 0.113. The van der Waals surface area contributed by atoms with E-state index in [1.807, 2.05) is 24.3 Å². The first-order valence-corrected chi connectivity index (χ1v) is 7.96. The smallest absolute Gasteiger partial charge is 0.336 e. The molecule has 2 aliphatic rings. The third-order valence-electron chi connectivity index (χ3n) is 3.92. The van der Waals surface area contributed by atoms with E-state index in [1.54, 1.807) is 6.08 Å². The minimum Gasteiger partial charge on any atom is -0.368 e. The van der Waals surface area contributed by atoms with E-state index in [2.05, 4.69) is 11.3 Å². The van der Waals surface area contributed by atoms with Crippen LogP contribution in [-0.4, -0.2) is 20.6 Å². The van der Waals surface area contributed by atoms with Gasteiger partial charge in [0, 0.05) is 6.42 Å². The van der Waals surface area contributed by atoms with E-state index in [-0.39, 0.29) is 6.61 Å². The van der Waals surface area contributed by atoms with Crippen molar-refractivity contribution < 1.29 is 17.3 Å². The molecule has 1 aromatic carbocycles. The molecule has 0 bridgehead atoms. The van der Waals surface area contributed by atoms with Crippen LogP contribution in [0, 0.1) is 0 Å². The summed E-state index contributed by atoms with van der Waals surface area (Å²) in [4.78, 5) is 0. The van der Waals surface area contributed by atoms with Gasteiger partial charge in [0.15, 0.2) is 0 Å². The second kappa shape index (κ2) is 4.96. The molecule has 1 N–H and O–H groups in total. The standard InChI is InChI=1S/C14H17NO4S/c1-2-7-14-8-9-19-20(16,17)15-13(14)12-6-4-3-5-11(12)10-18-14/h2-6,13,15H,1,7-10H2/t13-,14+/m0/s1. The predicted octanol–water partition coefficient (Wildman–Crippen LogP) is 1.83. The highest BCUT2D eigenvalue weighted by atomic mass is 32.2. The zero-order valence-electron chi connectivity index (χ0n) is 11.0. The lowest BCUT2D eigenvalue weighted by Crippen LogP contribution is -2.48. The Morgan fingerprint density at radius 3 is 3.05 bits per heavy atom. The molecule has 5 nitrogen and oxygen atoms in total. The van der Waals surface area contributed by atoms with Crippen molar-refractivity contribution in [1.82, 2.24) is 4.72 Å². The third-order valence-corrected chi connectivity index (χ3v) is 4.92. The summed E-state index contributed by atoms with van der Waals surface area (Å²) in [5, 5.41) is 0. The molecular formula is C14H17NO4S. The zero-order chi connectivity index (χ0) is 14.2. The van der Waals surface area contributed by atoms with Gasteiger partial charge in [-0.1, -0.05) is 30.3 Å². The molecule has 2 atom stereocenters. The molecule has 108 valence electrons. The summed E-state index contributed by atoms with van der Waals surface area (Å²) in [6.07, 6.45) is 2.84. The Morgan fingerprint density at radius 1 is 1.45 bits per heavy atom. The van der Waals surface area contributed by atoms with Crippen LogP contribution in [0.4, 0.5) is 0 Å². The summed E-state index contributed by atoms with van der Waals surface area (Å²) in [5.41, 5.74) is 1.33. The second-order valence-electron chi connectivity index (χ2n) is 5.12. The van der Waals surface area contributed by atoms with Gasteiger partial charge in [-0.25, -0.2) is 0 Å². The van der Waals surface area contributed by atoms with Crippen LogP contribution in [-0.2, 0) is 25.8 Å². The SMILES string of the molecule is C=CC[C@@]12CCOS(=O)(=O)N[C@H]1c1ccccc1CO2. The average Bonchev–Trinajstić information content (AvgIpc) is 2.55. The lowest BCUT2D eigenvalue weighted by atomic mass is 9.80. The molecule has 0 saturated carbocycles. The van der Waals surface area contributed by atoms with Gasteiger partial charge in [-0.05, 0) is 17.5 Å². The molecule has 1 fully saturated rings. The normalized spacial score (nSPS) is 31.7. The molecule has 2 heterocycles. The fraction of sp³-hybridized carbons (Fsp3) is 0.429. The van der Waals surface area contributed by atoms with Crippen LogP contribution in [0.25, 0.3) is 0 Å². The van der Waals surface area contributed by atoms with Gasteiger partial charge in [0.25, 0.3) is 0 Å². The van der Waals surface area contributed by atoms with Crippen molar-refractivity contribution in [3.8, 4) is 0 Å². The van der Waals surface area contributed by atoms with Crippen molar-refractivity contribution in [2.45, 2.75) is 31.1 Å². The molecule has 20 heavy (non-hydrogen) atoms. The van der Waals surface area contributed by atoms with Crippen LogP contribution in [0.3, 0.4) is 0 Å². The molecular weight excluding hydrogens is 278 g/mol. The maximum atomic E-state index is 11.9. The predicted molar refractivity (Wildman–Crippen MR) is 74.1 cm³/mol. The van der Waals surface area contributed by atoms with E-state index >= 15 is 0 Å².